The van der Waals surface area contributed by atoms with Crippen LogP contribution in [-0.2, 0) is 4.74 Å². The molecule has 0 radical (unpaired) electrons. The molecule has 2 aromatic rings. The molecule has 128 valence electrons. The molecule has 0 aliphatic carbocycles. The van der Waals surface area contributed by atoms with E-state index in [1.807, 2.05) is 30.3 Å². The predicted octanol–water partition coefficient (Wildman–Crippen LogP) is 4.00. The second kappa shape index (κ2) is 6.72. The summed E-state index contributed by atoms with van der Waals surface area (Å²) in [6.45, 7) is 1.70. The smallest absolute Gasteiger partial charge is 0.276 e. The highest BCUT2D eigenvalue weighted by Gasteiger charge is 2.46. The molecule has 3 atom stereocenters. The van der Waals surface area contributed by atoms with Crippen molar-refractivity contribution in [1.82, 2.24) is 0 Å². The summed E-state index contributed by atoms with van der Waals surface area (Å²) in [4.78, 5) is 22.2. The van der Waals surface area contributed by atoms with Gasteiger partial charge in [0.2, 0.25) is 0 Å². The number of nitro groups is 2. The molecule has 0 N–H and O–H groups in total. The molecule has 0 saturated heterocycles. The van der Waals surface area contributed by atoms with Crippen molar-refractivity contribution in [3.05, 3.63) is 97.8 Å². The van der Waals surface area contributed by atoms with Gasteiger partial charge >= 0.3 is 0 Å². The van der Waals surface area contributed by atoms with E-state index in [-0.39, 0.29) is 11.3 Å². The summed E-state index contributed by atoms with van der Waals surface area (Å²) >= 11 is 0. The van der Waals surface area contributed by atoms with Gasteiger partial charge in [0.25, 0.3) is 11.7 Å². The van der Waals surface area contributed by atoms with Gasteiger partial charge in [0.05, 0.1) is 22.2 Å². The van der Waals surface area contributed by atoms with Gasteiger partial charge in [0.1, 0.15) is 0 Å². The third-order valence-corrected chi connectivity index (χ3v) is 4.27. The van der Waals surface area contributed by atoms with Crippen LogP contribution in [0.1, 0.15) is 30.1 Å². The number of ether oxygens (including phenoxy) is 1. The van der Waals surface area contributed by atoms with Crippen molar-refractivity contribution in [3.63, 3.8) is 0 Å². The normalized spacial score (nSPS) is 22.6. The van der Waals surface area contributed by atoms with Crippen LogP contribution in [0.3, 0.4) is 0 Å². The Labute approximate surface area is 143 Å². The monoisotopic (exact) mass is 340 g/mol. The first kappa shape index (κ1) is 16.6. The first-order chi connectivity index (χ1) is 12.0. The largest absolute Gasteiger partial charge is 0.483 e. The van der Waals surface area contributed by atoms with Crippen molar-refractivity contribution in [2.75, 3.05) is 0 Å². The second-order valence-electron chi connectivity index (χ2n) is 5.84. The lowest BCUT2D eigenvalue weighted by Gasteiger charge is -2.31. The molecular weight excluding hydrogens is 324 g/mol. The zero-order valence-electron chi connectivity index (χ0n) is 13.4. The maximum atomic E-state index is 11.8. The summed E-state index contributed by atoms with van der Waals surface area (Å²) in [7, 11) is 0. The zero-order valence-corrected chi connectivity index (χ0v) is 13.4. The van der Waals surface area contributed by atoms with Crippen LogP contribution in [0.5, 0.6) is 0 Å². The molecule has 0 bridgehead atoms. The molecule has 2 aromatic carbocycles. The lowest BCUT2D eigenvalue weighted by molar-refractivity contribution is -0.540. The van der Waals surface area contributed by atoms with Crippen LogP contribution < -0.4 is 0 Å². The fraction of sp³-hybridized carbons (Fsp3) is 0.222. The molecule has 0 spiro atoms. The minimum Gasteiger partial charge on any atom is -0.483 e. The quantitative estimate of drug-likeness (QED) is 0.619. The Morgan fingerprint density at radius 2 is 1.60 bits per heavy atom. The van der Waals surface area contributed by atoms with E-state index in [4.69, 9.17) is 4.74 Å². The molecule has 3 rings (SSSR count). The van der Waals surface area contributed by atoms with Gasteiger partial charge < -0.3 is 4.74 Å². The van der Waals surface area contributed by atoms with E-state index in [1.54, 1.807) is 19.1 Å². The Hall–Kier alpha value is -3.22. The maximum Gasteiger partial charge on any atom is 0.276 e. The first-order valence-corrected chi connectivity index (χ1v) is 7.76. The molecular formula is C18H16N2O5. The van der Waals surface area contributed by atoms with Gasteiger partial charge in [0, 0.05) is 11.0 Å². The van der Waals surface area contributed by atoms with Crippen molar-refractivity contribution in [2.45, 2.75) is 25.0 Å². The SMILES string of the molecule is CC1=CC(c2ccccc2)C([N+](=O)[O-])C(c2ccccc2[N+](=O)[O-])O1. The highest BCUT2D eigenvalue weighted by atomic mass is 16.6. The topological polar surface area (TPSA) is 95.5 Å². The van der Waals surface area contributed by atoms with E-state index in [0.717, 1.165) is 5.56 Å². The van der Waals surface area contributed by atoms with Crippen LogP contribution in [0.15, 0.2) is 66.4 Å². The molecule has 1 aliphatic rings. The van der Waals surface area contributed by atoms with E-state index in [2.05, 4.69) is 0 Å². The number of rotatable bonds is 4. The fourth-order valence-corrected chi connectivity index (χ4v) is 3.20. The van der Waals surface area contributed by atoms with Crippen molar-refractivity contribution < 1.29 is 14.6 Å². The van der Waals surface area contributed by atoms with Gasteiger partial charge in [-0.05, 0) is 24.6 Å². The van der Waals surface area contributed by atoms with E-state index >= 15 is 0 Å². The number of benzene rings is 2. The molecule has 0 aromatic heterocycles. The minimum atomic E-state index is -1.16. The zero-order chi connectivity index (χ0) is 18.0. The molecule has 0 amide bonds. The standard InChI is InChI=1S/C18H16N2O5/c1-12-11-15(13-7-3-2-4-8-13)17(20(23)24)18(25-12)14-9-5-6-10-16(14)19(21)22/h2-11,15,17-18H,1H3. The molecule has 1 heterocycles. The second-order valence-corrected chi connectivity index (χ2v) is 5.84. The molecule has 3 unspecified atom stereocenters. The van der Waals surface area contributed by atoms with Gasteiger partial charge in [-0.2, -0.15) is 0 Å². The predicted molar refractivity (Wildman–Crippen MR) is 90.6 cm³/mol. The van der Waals surface area contributed by atoms with Crippen LogP contribution in [0.4, 0.5) is 5.69 Å². The number of nitro benzene ring substituents is 1. The average molecular weight is 340 g/mol. The number of allylic oxidation sites excluding steroid dienone is 1. The van der Waals surface area contributed by atoms with Crippen LogP contribution in [-0.4, -0.2) is 15.9 Å². The summed E-state index contributed by atoms with van der Waals surface area (Å²) in [6, 6.07) is 13.9. The Balaban J connectivity index is 2.13. The summed E-state index contributed by atoms with van der Waals surface area (Å²) in [5, 5.41) is 23.2. The Morgan fingerprint density at radius 1 is 0.960 bits per heavy atom. The molecule has 1 aliphatic heterocycles. The molecule has 0 saturated carbocycles. The van der Waals surface area contributed by atoms with Crippen molar-refractivity contribution in [3.8, 4) is 0 Å². The summed E-state index contributed by atoms with van der Waals surface area (Å²) in [5.74, 6) is -0.0233. The Kier molecular flexibility index (Phi) is 4.47. The van der Waals surface area contributed by atoms with E-state index < -0.39 is 27.9 Å². The molecule has 0 fully saturated rings. The van der Waals surface area contributed by atoms with Crippen molar-refractivity contribution in [2.24, 2.45) is 0 Å². The summed E-state index contributed by atoms with van der Waals surface area (Å²) in [6.07, 6.45) is 0.667. The van der Waals surface area contributed by atoms with Crippen LogP contribution in [0, 0.1) is 20.2 Å². The average Bonchev–Trinajstić information content (AvgIpc) is 2.61. The lowest BCUT2D eigenvalue weighted by Crippen LogP contribution is -2.37. The molecule has 7 heteroatoms. The summed E-state index contributed by atoms with van der Waals surface area (Å²) < 4.78 is 5.70. The number of para-hydroxylation sites is 1. The van der Waals surface area contributed by atoms with Gasteiger partial charge in [-0.3, -0.25) is 20.2 Å². The Morgan fingerprint density at radius 3 is 2.24 bits per heavy atom. The highest BCUT2D eigenvalue weighted by Crippen LogP contribution is 2.42. The molecule has 7 nitrogen and oxygen atoms in total. The van der Waals surface area contributed by atoms with Gasteiger partial charge in [0.15, 0.2) is 6.10 Å². The molecule has 25 heavy (non-hydrogen) atoms. The number of hydrogen-bond acceptors (Lipinski definition) is 5. The van der Waals surface area contributed by atoms with Crippen LogP contribution in [0.2, 0.25) is 0 Å². The number of nitrogens with zero attached hydrogens (tertiary/aromatic N) is 2. The van der Waals surface area contributed by atoms with Gasteiger partial charge in [-0.25, -0.2) is 0 Å². The third kappa shape index (κ3) is 3.21. The van der Waals surface area contributed by atoms with Crippen LogP contribution >= 0.6 is 0 Å². The lowest BCUT2D eigenvalue weighted by atomic mass is 9.83. The number of hydrogen-bond donors (Lipinski definition) is 0. The minimum absolute atomic E-state index is 0.180. The summed E-state index contributed by atoms with van der Waals surface area (Å²) in [5.41, 5.74) is 0.805. The third-order valence-electron chi connectivity index (χ3n) is 4.27. The Bertz CT molecular complexity index is 834. The fourth-order valence-electron chi connectivity index (χ4n) is 3.20. The van der Waals surface area contributed by atoms with Crippen molar-refractivity contribution in [1.29, 1.82) is 0 Å². The van der Waals surface area contributed by atoms with Crippen LogP contribution in [0.25, 0.3) is 0 Å². The maximum absolute atomic E-state index is 11.8. The van der Waals surface area contributed by atoms with Crippen molar-refractivity contribution >= 4 is 5.69 Å². The van der Waals surface area contributed by atoms with E-state index in [1.165, 1.54) is 18.2 Å². The van der Waals surface area contributed by atoms with Gasteiger partial charge in [-0.1, -0.05) is 42.5 Å². The highest BCUT2D eigenvalue weighted by molar-refractivity contribution is 5.43. The first-order valence-electron chi connectivity index (χ1n) is 7.76. The van der Waals surface area contributed by atoms with E-state index in [0.29, 0.717) is 5.76 Å². The van der Waals surface area contributed by atoms with Gasteiger partial charge in [-0.15, -0.1) is 0 Å². The van der Waals surface area contributed by atoms with E-state index in [9.17, 15) is 20.2 Å².